The molecule has 86 valence electrons. The van der Waals surface area contributed by atoms with E-state index >= 15 is 0 Å². The van der Waals surface area contributed by atoms with Crippen LogP contribution in [-0.4, -0.2) is 6.61 Å². The van der Waals surface area contributed by atoms with Crippen LogP contribution in [0.3, 0.4) is 0 Å². The summed E-state index contributed by atoms with van der Waals surface area (Å²) >= 11 is 3.32. The molecule has 0 radical (unpaired) electrons. The Balaban J connectivity index is 2.29. The zero-order valence-corrected chi connectivity index (χ0v) is 10.3. The molecule has 0 aliphatic carbocycles. The Hall–Kier alpha value is -0.870. The fraction of sp³-hybridized carbons (Fsp3) is 0.333. The zero-order chi connectivity index (χ0) is 11.5. The summed E-state index contributed by atoms with van der Waals surface area (Å²) in [5.41, 5.74) is 7.48. The molecule has 1 atom stereocenters. The highest BCUT2D eigenvalue weighted by atomic mass is 79.9. The van der Waals surface area contributed by atoms with Crippen LogP contribution in [-0.2, 0) is 4.74 Å². The standard InChI is InChI=1S/C12H13BrFNO/c13-9-3-4-11(14)10(6-9)12(15)8-2-1-5-16-7-8/h3-4,6-7,12H,1-2,5,15H2. The largest absolute Gasteiger partial charge is 0.501 e. The van der Waals surface area contributed by atoms with Crippen LogP contribution in [0.1, 0.15) is 24.4 Å². The van der Waals surface area contributed by atoms with Crippen molar-refractivity contribution in [2.75, 3.05) is 6.61 Å². The van der Waals surface area contributed by atoms with E-state index in [2.05, 4.69) is 15.9 Å². The molecular formula is C12H13BrFNO. The Bertz CT molecular complexity index is 419. The minimum atomic E-state index is -0.419. The highest BCUT2D eigenvalue weighted by molar-refractivity contribution is 9.10. The minimum absolute atomic E-state index is 0.276. The van der Waals surface area contributed by atoms with Crippen LogP contribution in [0.2, 0.25) is 0 Å². The first-order chi connectivity index (χ1) is 7.68. The van der Waals surface area contributed by atoms with E-state index in [-0.39, 0.29) is 5.82 Å². The molecule has 0 fully saturated rings. The molecule has 16 heavy (non-hydrogen) atoms. The monoisotopic (exact) mass is 285 g/mol. The fourth-order valence-corrected chi connectivity index (χ4v) is 2.14. The summed E-state index contributed by atoms with van der Waals surface area (Å²) in [7, 11) is 0. The van der Waals surface area contributed by atoms with Gasteiger partial charge in [0.25, 0.3) is 0 Å². The second-order valence-corrected chi connectivity index (χ2v) is 4.73. The third-order valence-electron chi connectivity index (χ3n) is 2.65. The van der Waals surface area contributed by atoms with Gasteiger partial charge in [0.05, 0.1) is 18.9 Å². The van der Waals surface area contributed by atoms with Crippen LogP contribution in [0.5, 0.6) is 0 Å². The highest BCUT2D eigenvalue weighted by Crippen LogP contribution is 2.28. The van der Waals surface area contributed by atoms with E-state index in [0.717, 1.165) is 29.5 Å². The Kier molecular flexibility index (Phi) is 3.61. The summed E-state index contributed by atoms with van der Waals surface area (Å²) in [5.74, 6) is -0.276. The number of ether oxygens (including phenoxy) is 1. The molecule has 2 N–H and O–H groups in total. The van der Waals surface area contributed by atoms with Crippen LogP contribution >= 0.6 is 15.9 Å². The quantitative estimate of drug-likeness (QED) is 0.905. The number of rotatable bonds is 2. The van der Waals surface area contributed by atoms with Crippen molar-refractivity contribution < 1.29 is 9.13 Å². The van der Waals surface area contributed by atoms with Crippen molar-refractivity contribution >= 4 is 15.9 Å². The lowest BCUT2D eigenvalue weighted by molar-refractivity contribution is 0.221. The van der Waals surface area contributed by atoms with Crippen molar-refractivity contribution in [3.63, 3.8) is 0 Å². The zero-order valence-electron chi connectivity index (χ0n) is 8.75. The highest BCUT2D eigenvalue weighted by Gasteiger charge is 2.18. The lowest BCUT2D eigenvalue weighted by Gasteiger charge is -2.20. The molecule has 0 amide bonds. The molecular weight excluding hydrogens is 273 g/mol. The third kappa shape index (κ3) is 2.44. The molecule has 0 saturated heterocycles. The smallest absolute Gasteiger partial charge is 0.128 e. The lowest BCUT2D eigenvalue weighted by Crippen LogP contribution is -2.17. The maximum absolute atomic E-state index is 13.6. The van der Waals surface area contributed by atoms with E-state index in [1.807, 2.05) is 0 Å². The van der Waals surface area contributed by atoms with Crippen molar-refractivity contribution in [2.45, 2.75) is 18.9 Å². The topological polar surface area (TPSA) is 35.2 Å². The Labute approximate surface area is 102 Å². The van der Waals surface area contributed by atoms with Gasteiger partial charge in [0, 0.05) is 10.0 Å². The van der Waals surface area contributed by atoms with Gasteiger partial charge < -0.3 is 10.5 Å². The van der Waals surface area contributed by atoms with Gasteiger partial charge in [-0.25, -0.2) is 4.39 Å². The normalized spacial score (nSPS) is 17.6. The van der Waals surface area contributed by atoms with Crippen molar-refractivity contribution in [1.82, 2.24) is 0 Å². The molecule has 0 spiro atoms. The Morgan fingerprint density at radius 2 is 2.25 bits per heavy atom. The molecule has 1 unspecified atom stereocenters. The van der Waals surface area contributed by atoms with Gasteiger partial charge in [0.15, 0.2) is 0 Å². The molecule has 1 aromatic carbocycles. The second kappa shape index (κ2) is 4.97. The Morgan fingerprint density at radius 3 is 2.94 bits per heavy atom. The molecule has 2 nitrogen and oxygen atoms in total. The van der Waals surface area contributed by atoms with Gasteiger partial charge in [0.1, 0.15) is 5.82 Å². The van der Waals surface area contributed by atoms with Gasteiger partial charge in [-0.15, -0.1) is 0 Å². The van der Waals surface area contributed by atoms with E-state index in [4.69, 9.17) is 10.5 Å². The van der Waals surface area contributed by atoms with Crippen LogP contribution in [0.15, 0.2) is 34.5 Å². The number of hydrogen-bond donors (Lipinski definition) is 1. The van der Waals surface area contributed by atoms with Gasteiger partial charge in [-0.1, -0.05) is 15.9 Å². The maximum atomic E-state index is 13.6. The lowest BCUT2D eigenvalue weighted by atomic mass is 9.96. The average Bonchev–Trinajstić information content (AvgIpc) is 2.32. The number of halogens is 2. The second-order valence-electron chi connectivity index (χ2n) is 3.81. The summed E-state index contributed by atoms with van der Waals surface area (Å²) in [4.78, 5) is 0. The summed E-state index contributed by atoms with van der Waals surface area (Å²) in [5, 5.41) is 0. The van der Waals surface area contributed by atoms with Crippen LogP contribution in [0.25, 0.3) is 0 Å². The Morgan fingerprint density at radius 1 is 1.44 bits per heavy atom. The van der Waals surface area contributed by atoms with E-state index < -0.39 is 6.04 Å². The van der Waals surface area contributed by atoms with E-state index in [9.17, 15) is 4.39 Å². The number of nitrogens with two attached hydrogens (primary N) is 1. The SMILES string of the molecule is NC(C1=COCCC1)c1cc(Br)ccc1F. The minimum Gasteiger partial charge on any atom is -0.501 e. The molecule has 2 rings (SSSR count). The first-order valence-corrected chi connectivity index (χ1v) is 5.99. The van der Waals surface area contributed by atoms with Gasteiger partial charge >= 0.3 is 0 Å². The summed E-state index contributed by atoms with van der Waals surface area (Å²) < 4.78 is 19.7. The molecule has 1 heterocycles. The molecule has 0 aromatic heterocycles. The van der Waals surface area contributed by atoms with Gasteiger partial charge in [-0.05, 0) is 36.6 Å². The van der Waals surface area contributed by atoms with Crippen molar-refractivity contribution in [2.24, 2.45) is 5.73 Å². The van der Waals surface area contributed by atoms with E-state index in [1.165, 1.54) is 6.07 Å². The predicted octanol–water partition coefficient (Wildman–Crippen LogP) is 3.28. The first kappa shape index (κ1) is 11.6. The van der Waals surface area contributed by atoms with Crippen molar-refractivity contribution in [3.8, 4) is 0 Å². The van der Waals surface area contributed by atoms with Crippen LogP contribution < -0.4 is 5.73 Å². The molecule has 1 aliphatic heterocycles. The first-order valence-electron chi connectivity index (χ1n) is 5.19. The number of benzene rings is 1. The van der Waals surface area contributed by atoms with Crippen molar-refractivity contribution in [1.29, 1.82) is 0 Å². The van der Waals surface area contributed by atoms with Gasteiger partial charge in [-0.2, -0.15) is 0 Å². The average molecular weight is 286 g/mol. The van der Waals surface area contributed by atoms with Crippen LogP contribution in [0, 0.1) is 5.82 Å². The third-order valence-corrected chi connectivity index (χ3v) is 3.15. The predicted molar refractivity (Wildman–Crippen MR) is 64.3 cm³/mol. The summed E-state index contributed by atoms with van der Waals surface area (Å²) in [6.07, 6.45) is 3.47. The van der Waals surface area contributed by atoms with Crippen molar-refractivity contribution in [3.05, 3.63) is 45.9 Å². The van der Waals surface area contributed by atoms with Gasteiger partial charge in [0.2, 0.25) is 0 Å². The molecule has 0 saturated carbocycles. The van der Waals surface area contributed by atoms with Crippen LogP contribution in [0.4, 0.5) is 4.39 Å². The van der Waals surface area contributed by atoms with Gasteiger partial charge in [-0.3, -0.25) is 0 Å². The number of hydrogen-bond acceptors (Lipinski definition) is 2. The molecule has 0 bridgehead atoms. The maximum Gasteiger partial charge on any atom is 0.128 e. The molecule has 1 aromatic rings. The fourth-order valence-electron chi connectivity index (χ4n) is 1.77. The summed E-state index contributed by atoms with van der Waals surface area (Å²) in [6, 6.07) is 4.38. The molecule has 4 heteroatoms. The molecule has 1 aliphatic rings. The summed E-state index contributed by atoms with van der Waals surface area (Å²) in [6.45, 7) is 0.719. The van der Waals surface area contributed by atoms with E-state index in [1.54, 1.807) is 18.4 Å². The van der Waals surface area contributed by atoms with E-state index in [0.29, 0.717) is 5.56 Å².